The van der Waals surface area contributed by atoms with Crippen molar-refractivity contribution in [3.63, 3.8) is 0 Å². The van der Waals surface area contributed by atoms with Gasteiger partial charge in [-0.15, -0.1) is 0 Å². The summed E-state index contributed by atoms with van der Waals surface area (Å²) in [6, 6.07) is 7.58. The molecule has 5 nitrogen and oxygen atoms in total. The van der Waals surface area contributed by atoms with E-state index in [0.717, 1.165) is 13.1 Å². The highest BCUT2D eigenvalue weighted by molar-refractivity contribution is 6.21. The maximum atomic E-state index is 12.2. The number of nitrogens with zero attached hydrogens (tertiary/aromatic N) is 2. The van der Waals surface area contributed by atoms with Crippen LogP contribution in [0.5, 0.6) is 0 Å². The molecule has 1 aromatic rings. The van der Waals surface area contributed by atoms with Gasteiger partial charge in [0, 0.05) is 25.7 Å². The van der Waals surface area contributed by atoms with Crippen molar-refractivity contribution in [1.29, 1.82) is 0 Å². The molecular weight excluding hydrogens is 266 g/mol. The van der Waals surface area contributed by atoms with Gasteiger partial charge in [0.1, 0.15) is 0 Å². The first-order valence-electron chi connectivity index (χ1n) is 7.54. The zero-order valence-corrected chi connectivity index (χ0v) is 12.3. The molecule has 1 fully saturated rings. The second-order valence-electron chi connectivity index (χ2n) is 5.86. The molecule has 2 aliphatic heterocycles. The first-order chi connectivity index (χ1) is 10.2. The predicted molar refractivity (Wildman–Crippen MR) is 80.3 cm³/mol. The number of nitrogens with one attached hydrogen (secondary N) is 1. The highest BCUT2D eigenvalue weighted by Gasteiger charge is 2.34. The molecule has 1 atom stereocenters. The van der Waals surface area contributed by atoms with Gasteiger partial charge in [0.15, 0.2) is 0 Å². The standard InChI is InChI=1S/C16H21N3O2/c1-18(11-12-5-4-8-17-12)9-10-19-15(20)13-6-2-3-7-14(13)16(19)21/h2-3,6-7,12,17H,4-5,8-11H2,1H3. The normalized spacial score (nSPS) is 21.4. The first-order valence-corrected chi connectivity index (χ1v) is 7.54. The predicted octanol–water partition coefficient (Wildman–Crippen LogP) is 0.966. The number of rotatable bonds is 5. The van der Waals surface area contributed by atoms with Crippen LogP contribution in [-0.4, -0.2) is 60.9 Å². The fraction of sp³-hybridized carbons (Fsp3) is 0.500. The third-order valence-corrected chi connectivity index (χ3v) is 4.28. The molecule has 112 valence electrons. The third kappa shape index (κ3) is 2.84. The lowest BCUT2D eigenvalue weighted by Gasteiger charge is -2.23. The van der Waals surface area contributed by atoms with Crippen LogP contribution in [0.25, 0.3) is 0 Å². The van der Waals surface area contributed by atoms with Gasteiger partial charge in [0.05, 0.1) is 11.1 Å². The van der Waals surface area contributed by atoms with Gasteiger partial charge < -0.3 is 10.2 Å². The molecule has 2 aliphatic rings. The van der Waals surface area contributed by atoms with E-state index in [4.69, 9.17) is 0 Å². The molecule has 0 aliphatic carbocycles. The number of carbonyl (C=O) groups excluding carboxylic acids is 2. The summed E-state index contributed by atoms with van der Waals surface area (Å²) in [5.74, 6) is -0.328. The van der Waals surface area contributed by atoms with Gasteiger partial charge in [0.2, 0.25) is 0 Å². The van der Waals surface area contributed by atoms with Crippen LogP contribution in [0.4, 0.5) is 0 Å². The molecule has 5 heteroatoms. The molecule has 0 bridgehead atoms. The Labute approximate surface area is 124 Å². The number of carbonyl (C=O) groups is 2. The summed E-state index contributed by atoms with van der Waals surface area (Å²) >= 11 is 0. The Morgan fingerprint density at radius 2 is 1.90 bits per heavy atom. The second-order valence-corrected chi connectivity index (χ2v) is 5.86. The first kappa shape index (κ1) is 14.2. The van der Waals surface area contributed by atoms with E-state index in [2.05, 4.69) is 10.2 Å². The lowest BCUT2D eigenvalue weighted by molar-refractivity contribution is 0.0640. The number of benzene rings is 1. The zero-order chi connectivity index (χ0) is 14.8. The van der Waals surface area contributed by atoms with Crippen LogP contribution in [-0.2, 0) is 0 Å². The van der Waals surface area contributed by atoms with Crippen molar-refractivity contribution in [2.24, 2.45) is 0 Å². The average molecular weight is 287 g/mol. The second kappa shape index (κ2) is 5.95. The van der Waals surface area contributed by atoms with Crippen molar-refractivity contribution < 1.29 is 9.59 Å². The maximum Gasteiger partial charge on any atom is 0.261 e. The van der Waals surface area contributed by atoms with Crippen molar-refractivity contribution >= 4 is 11.8 Å². The molecule has 0 aromatic heterocycles. The van der Waals surface area contributed by atoms with E-state index in [-0.39, 0.29) is 11.8 Å². The van der Waals surface area contributed by atoms with Gasteiger partial charge in [-0.25, -0.2) is 0 Å². The number of likely N-dealkylation sites (N-methyl/N-ethyl adjacent to an activating group) is 1. The van der Waals surface area contributed by atoms with Crippen LogP contribution in [0.2, 0.25) is 0 Å². The van der Waals surface area contributed by atoms with Crippen molar-refractivity contribution in [1.82, 2.24) is 15.1 Å². The smallest absolute Gasteiger partial charge is 0.261 e. The van der Waals surface area contributed by atoms with Gasteiger partial charge >= 0.3 is 0 Å². The van der Waals surface area contributed by atoms with Crippen LogP contribution in [0.15, 0.2) is 24.3 Å². The maximum absolute atomic E-state index is 12.2. The van der Waals surface area contributed by atoms with E-state index >= 15 is 0 Å². The summed E-state index contributed by atoms with van der Waals surface area (Å²) in [7, 11) is 2.04. The molecule has 0 saturated carbocycles. The van der Waals surface area contributed by atoms with Crippen LogP contribution < -0.4 is 5.32 Å². The Morgan fingerprint density at radius 1 is 1.24 bits per heavy atom. The highest BCUT2D eigenvalue weighted by Crippen LogP contribution is 2.22. The summed E-state index contributed by atoms with van der Waals surface area (Å²) in [5.41, 5.74) is 1.06. The van der Waals surface area contributed by atoms with Crippen LogP contribution in [0.1, 0.15) is 33.6 Å². The summed E-state index contributed by atoms with van der Waals surface area (Å²) < 4.78 is 0. The topological polar surface area (TPSA) is 52.7 Å². The van der Waals surface area contributed by atoms with Crippen LogP contribution in [0.3, 0.4) is 0 Å². The summed E-state index contributed by atoms with van der Waals surface area (Å²) in [5, 5.41) is 3.46. The fourth-order valence-electron chi connectivity index (χ4n) is 3.09. The average Bonchev–Trinajstić information content (AvgIpc) is 3.07. The molecular formula is C16H21N3O2. The Kier molecular flexibility index (Phi) is 4.03. The summed E-state index contributed by atoms with van der Waals surface area (Å²) in [6.07, 6.45) is 2.44. The molecule has 1 N–H and O–H groups in total. The fourth-order valence-corrected chi connectivity index (χ4v) is 3.09. The van der Waals surface area contributed by atoms with Gasteiger partial charge in [-0.1, -0.05) is 12.1 Å². The van der Waals surface area contributed by atoms with Gasteiger partial charge in [-0.2, -0.15) is 0 Å². The molecule has 0 spiro atoms. The number of fused-ring (bicyclic) bond motifs is 1. The molecule has 2 amide bonds. The third-order valence-electron chi connectivity index (χ3n) is 4.28. The Morgan fingerprint density at radius 3 is 2.48 bits per heavy atom. The Balaban J connectivity index is 1.56. The van der Waals surface area contributed by atoms with E-state index < -0.39 is 0 Å². The quantitative estimate of drug-likeness (QED) is 0.820. The van der Waals surface area contributed by atoms with Crippen molar-refractivity contribution in [3.05, 3.63) is 35.4 Å². The Bertz CT molecular complexity index is 517. The van der Waals surface area contributed by atoms with Crippen LogP contribution >= 0.6 is 0 Å². The van der Waals surface area contributed by atoms with Gasteiger partial charge in [-0.3, -0.25) is 14.5 Å². The van der Waals surface area contributed by atoms with E-state index in [9.17, 15) is 9.59 Å². The summed E-state index contributed by atoms with van der Waals surface area (Å²) in [6.45, 7) is 3.22. The minimum atomic E-state index is -0.164. The largest absolute Gasteiger partial charge is 0.313 e. The van der Waals surface area contributed by atoms with Gasteiger partial charge in [-0.05, 0) is 38.6 Å². The Hall–Kier alpha value is -1.72. The minimum absolute atomic E-state index is 0.164. The summed E-state index contributed by atoms with van der Waals surface area (Å²) in [4.78, 5) is 28.0. The SMILES string of the molecule is CN(CCN1C(=O)c2ccccc2C1=O)CC1CCCN1. The molecule has 0 radical (unpaired) electrons. The van der Waals surface area contributed by atoms with E-state index in [1.165, 1.54) is 17.7 Å². The number of imide groups is 1. The van der Waals surface area contributed by atoms with E-state index in [1.807, 2.05) is 7.05 Å². The molecule has 2 heterocycles. The highest BCUT2D eigenvalue weighted by atomic mass is 16.2. The van der Waals surface area contributed by atoms with E-state index in [0.29, 0.717) is 30.3 Å². The minimum Gasteiger partial charge on any atom is -0.313 e. The van der Waals surface area contributed by atoms with Crippen molar-refractivity contribution in [2.75, 3.05) is 33.2 Å². The van der Waals surface area contributed by atoms with E-state index in [1.54, 1.807) is 24.3 Å². The molecule has 1 saturated heterocycles. The number of hydrogen-bond acceptors (Lipinski definition) is 4. The molecule has 3 rings (SSSR count). The lowest BCUT2D eigenvalue weighted by atomic mass is 10.1. The van der Waals surface area contributed by atoms with Crippen molar-refractivity contribution in [2.45, 2.75) is 18.9 Å². The monoisotopic (exact) mass is 287 g/mol. The zero-order valence-electron chi connectivity index (χ0n) is 12.3. The molecule has 1 unspecified atom stereocenters. The lowest BCUT2D eigenvalue weighted by Crippen LogP contribution is -2.41. The van der Waals surface area contributed by atoms with Crippen molar-refractivity contribution in [3.8, 4) is 0 Å². The van der Waals surface area contributed by atoms with Gasteiger partial charge in [0.25, 0.3) is 11.8 Å². The number of hydrogen-bond donors (Lipinski definition) is 1. The number of amides is 2. The molecule has 1 aromatic carbocycles. The van der Waals surface area contributed by atoms with Crippen LogP contribution in [0, 0.1) is 0 Å². The molecule has 21 heavy (non-hydrogen) atoms.